The van der Waals surface area contributed by atoms with E-state index in [0.717, 1.165) is 29.7 Å². The molecule has 0 aliphatic rings. The van der Waals surface area contributed by atoms with Crippen LogP contribution in [-0.4, -0.2) is 24.3 Å². The zero-order valence-corrected chi connectivity index (χ0v) is 19.9. The number of rotatable bonds is 13. The molecule has 2 unspecified atom stereocenters. The molecule has 0 aromatic heterocycles. The Balaban J connectivity index is 1.61. The zero-order valence-electron chi connectivity index (χ0n) is 19.9. The molecule has 178 valence electrons. The number of para-hydroxylation sites is 1. The smallest absolute Gasteiger partial charge is 0.223 e. The molecule has 0 aliphatic heterocycles. The molecule has 0 aliphatic carbocycles. The van der Waals surface area contributed by atoms with Gasteiger partial charge >= 0.3 is 0 Å². The second-order valence-electron chi connectivity index (χ2n) is 8.45. The first-order valence-electron chi connectivity index (χ1n) is 11.8. The number of benzene rings is 3. The van der Waals surface area contributed by atoms with Crippen LogP contribution in [0, 0.1) is 5.92 Å². The van der Waals surface area contributed by atoms with Gasteiger partial charge in [0.15, 0.2) is 5.78 Å². The predicted molar refractivity (Wildman–Crippen MR) is 134 cm³/mol. The molecule has 0 radical (unpaired) electrons. The Morgan fingerprint density at radius 1 is 0.824 bits per heavy atom. The summed E-state index contributed by atoms with van der Waals surface area (Å²) < 4.78 is 11.6. The van der Waals surface area contributed by atoms with Gasteiger partial charge < -0.3 is 14.8 Å². The highest BCUT2D eigenvalue weighted by molar-refractivity contribution is 5.91. The molecule has 5 heteroatoms. The first-order chi connectivity index (χ1) is 16.5. The van der Waals surface area contributed by atoms with Gasteiger partial charge in [-0.25, -0.2) is 0 Å². The van der Waals surface area contributed by atoms with E-state index in [4.69, 9.17) is 9.47 Å². The lowest BCUT2D eigenvalue weighted by Crippen LogP contribution is -2.46. The molecular formula is C29H33NO4. The molecular weight excluding hydrogens is 426 g/mol. The van der Waals surface area contributed by atoms with Gasteiger partial charge in [0.25, 0.3) is 0 Å². The molecule has 1 N–H and O–H groups in total. The number of ketones is 1. The van der Waals surface area contributed by atoms with Crippen molar-refractivity contribution >= 4 is 11.7 Å². The van der Waals surface area contributed by atoms with E-state index in [1.54, 1.807) is 0 Å². The Morgan fingerprint density at radius 2 is 1.44 bits per heavy atom. The minimum Gasteiger partial charge on any atom is -0.457 e. The second-order valence-corrected chi connectivity index (χ2v) is 8.45. The maximum absolute atomic E-state index is 13.1. The third kappa shape index (κ3) is 8.16. The fourth-order valence-electron chi connectivity index (χ4n) is 3.59. The van der Waals surface area contributed by atoms with Gasteiger partial charge in [-0.15, -0.1) is 0 Å². The van der Waals surface area contributed by atoms with Crippen LogP contribution < -0.4 is 10.1 Å². The van der Waals surface area contributed by atoms with Crippen molar-refractivity contribution in [2.45, 2.75) is 45.8 Å². The summed E-state index contributed by atoms with van der Waals surface area (Å²) in [6.07, 6.45) is 1.89. The van der Waals surface area contributed by atoms with Crippen LogP contribution in [0.15, 0.2) is 84.9 Å². The SMILES string of the molecule is CCCC(C)C(=O)NC(COCc1ccccc1)C(=O)Cc1ccc(Oc2ccccc2)cc1. The number of hydrogen-bond donors (Lipinski definition) is 1. The molecule has 3 rings (SSSR count). The minimum absolute atomic E-state index is 0.0816. The van der Waals surface area contributed by atoms with Crippen LogP contribution in [0.25, 0.3) is 0 Å². The van der Waals surface area contributed by atoms with Crippen LogP contribution in [0.5, 0.6) is 11.5 Å². The van der Waals surface area contributed by atoms with Crippen LogP contribution >= 0.6 is 0 Å². The number of ether oxygens (including phenoxy) is 2. The summed E-state index contributed by atoms with van der Waals surface area (Å²) in [5.74, 6) is 1.11. The molecule has 0 heterocycles. The van der Waals surface area contributed by atoms with Crippen molar-refractivity contribution in [3.05, 3.63) is 96.1 Å². The fraction of sp³-hybridized carbons (Fsp3) is 0.310. The van der Waals surface area contributed by atoms with Crippen molar-refractivity contribution in [2.24, 2.45) is 5.92 Å². The molecule has 0 saturated heterocycles. The van der Waals surface area contributed by atoms with Gasteiger partial charge in [0.1, 0.15) is 17.5 Å². The molecule has 0 fully saturated rings. The maximum Gasteiger partial charge on any atom is 0.223 e. The number of nitrogens with one attached hydrogen (secondary N) is 1. The first-order valence-corrected chi connectivity index (χ1v) is 11.8. The summed E-state index contributed by atoms with van der Waals surface area (Å²) in [5, 5.41) is 2.91. The van der Waals surface area contributed by atoms with Crippen molar-refractivity contribution in [1.29, 1.82) is 0 Å². The summed E-state index contributed by atoms with van der Waals surface area (Å²) in [6.45, 7) is 4.45. The van der Waals surface area contributed by atoms with Crippen molar-refractivity contribution in [1.82, 2.24) is 5.32 Å². The number of carbonyl (C=O) groups is 2. The van der Waals surface area contributed by atoms with Crippen LogP contribution in [0.4, 0.5) is 0 Å². The monoisotopic (exact) mass is 459 g/mol. The molecule has 0 bridgehead atoms. The number of amides is 1. The molecule has 0 saturated carbocycles. The third-order valence-electron chi connectivity index (χ3n) is 5.55. The van der Waals surface area contributed by atoms with Gasteiger partial charge in [0.05, 0.1) is 13.2 Å². The van der Waals surface area contributed by atoms with E-state index in [2.05, 4.69) is 5.32 Å². The predicted octanol–water partition coefficient (Wildman–Crippen LogP) is 5.73. The van der Waals surface area contributed by atoms with E-state index >= 15 is 0 Å². The van der Waals surface area contributed by atoms with Gasteiger partial charge in [0, 0.05) is 12.3 Å². The minimum atomic E-state index is -0.698. The second kappa shape index (κ2) is 13.3. The topological polar surface area (TPSA) is 64.6 Å². The number of hydrogen-bond acceptors (Lipinski definition) is 4. The lowest BCUT2D eigenvalue weighted by Gasteiger charge is -2.20. The Labute approximate surface area is 202 Å². The van der Waals surface area contributed by atoms with Crippen molar-refractivity contribution < 1.29 is 19.1 Å². The van der Waals surface area contributed by atoms with Gasteiger partial charge in [-0.3, -0.25) is 9.59 Å². The van der Waals surface area contributed by atoms with E-state index in [9.17, 15) is 9.59 Å². The summed E-state index contributed by atoms with van der Waals surface area (Å²) in [4.78, 5) is 25.7. The molecule has 1 amide bonds. The standard InChI is InChI=1S/C29H33NO4/c1-3-10-22(2)29(32)30-27(21-33-20-24-11-6-4-7-12-24)28(31)19-23-15-17-26(18-16-23)34-25-13-8-5-9-14-25/h4-9,11-18,22,27H,3,10,19-21H2,1-2H3,(H,30,32). The highest BCUT2D eigenvalue weighted by atomic mass is 16.5. The lowest BCUT2D eigenvalue weighted by atomic mass is 10.0. The van der Waals surface area contributed by atoms with Crippen LogP contribution in [0.2, 0.25) is 0 Å². The van der Waals surface area contributed by atoms with Crippen LogP contribution in [0.3, 0.4) is 0 Å². The largest absolute Gasteiger partial charge is 0.457 e. The lowest BCUT2D eigenvalue weighted by molar-refractivity contribution is -0.131. The van der Waals surface area contributed by atoms with Gasteiger partial charge in [-0.05, 0) is 41.8 Å². The number of Topliss-reactive ketones (excluding diaryl/α,β-unsaturated/α-hetero) is 1. The Hall–Kier alpha value is -3.44. The molecule has 5 nitrogen and oxygen atoms in total. The van der Waals surface area contributed by atoms with E-state index in [1.165, 1.54) is 0 Å². The summed E-state index contributed by atoms with van der Waals surface area (Å²) in [6, 6.07) is 26.1. The highest BCUT2D eigenvalue weighted by Gasteiger charge is 2.23. The van der Waals surface area contributed by atoms with Crippen molar-refractivity contribution in [3.63, 3.8) is 0 Å². The fourth-order valence-corrected chi connectivity index (χ4v) is 3.59. The van der Waals surface area contributed by atoms with E-state index in [-0.39, 0.29) is 30.6 Å². The first kappa shape index (κ1) is 25.2. The molecule has 0 spiro atoms. The van der Waals surface area contributed by atoms with Gasteiger partial charge in [-0.2, -0.15) is 0 Å². The van der Waals surface area contributed by atoms with Crippen molar-refractivity contribution in [3.8, 4) is 11.5 Å². The maximum atomic E-state index is 13.1. The Kier molecular flexibility index (Phi) is 9.86. The summed E-state index contributed by atoms with van der Waals surface area (Å²) in [7, 11) is 0. The van der Waals surface area contributed by atoms with Crippen LogP contribution in [-0.2, 0) is 27.4 Å². The zero-order chi connectivity index (χ0) is 24.2. The normalized spacial score (nSPS) is 12.5. The van der Waals surface area contributed by atoms with Crippen molar-refractivity contribution in [2.75, 3.05) is 6.61 Å². The molecule has 2 atom stereocenters. The Bertz CT molecular complexity index is 1020. The van der Waals surface area contributed by atoms with Gasteiger partial charge in [0.2, 0.25) is 5.91 Å². The van der Waals surface area contributed by atoms with Gasteiger partial charge in [-0.1, -0.05) is 80.9 Å². The Morgan fingerprint density at radius 3 is 2.09 bits per heavy atom. The van der Waals surface area contributed by atoms with E-state index in [1.807, 2.05) is 98.8 Å². The number of carbonyl (C=O) groups excluding carboxylic acids is 2. The molecule has 34 heavy (non-hydrogen) atoms. The van der Waals surface area contributed by atoms with Crippen LogP contribution in [0.1, 0.15) is 37.8 Å². The average Bonchev–Trinajstić information content (AvgIpc) is 2.86. The van der Waals surface area contributed by atoms with E-state index in [0.29, 0.717) is 12.4 Å². The summed E-state index contributed by atoms with van der Waals surface area (Å²) >= 11 is 0. The third-order valence-corrected chi connectivity index (χ3v) is 5.55. The molecule has 3 aromatic rings. The quantitative estimate of drug-likeness (QED) is 0.355. The summed E-state index contributed by atoms with van der Waals surface area (Å²) in [5.41, 5.74) is 1.88. The highest BCUT2D eigenvalue weighted by Crippen LogP contribution is 2.21. The molecule has 3 aromatic carbocycles. The van der Waals surface area contributed by atoms with E-state index < -0.39 is 6.04 Å². The average molecular weight is 460 g/mol.